The Balaban J connectivity index is 3.33. The molecule has 16 heavy (non-hydrogen) atoms. The summed E-state index contributed by atoms with van der Waals surface area (Å²) in [5.74, 6) is -0.904. The summed E-state index contributed by atoms with van der Waals surface area (Å²) in [6.07, 6.45) is 0. The first kappa shape index (κ1) is 12.2. The Kier molecular flexibility index (Phi) is 3.65. The van der Waals surface area contributed by atoms with Gasteiger partial charge in [0.2, 0.25) is 5.82 Å². The van der Waals surface area contributed by atoms with Crippen LogP contribution in [0.15, 0.2) is 12.1 Å². The molecule has 1 aromatic carbocycles. The van der Waals surface area contributed by atoms with Crippen molar-refractivity contribution in [2.75, 3.05) is 23.7 Å². The molecule has 0 aliphatic carbocycles. The van der Waals surface area contributed by atoms with Crippen molar-refractivity contribution in [1.29, 1.82) is 0 Å². The Hall–Kier alpha value is -1.85. The molecule has 0 amide bonds. The summed E-state index contributed by atoms with van der Waals surface area (Å²) in [4.78, 5) is 11.7. The van der Waals surface area contributed by atoms with Gasteiger partial charge in [-0.25, -0.2) is 0 Å². The van der Waals surface area contributed by atoms with Crippen molar-refractivity contribution in [2.45, 2.75) is 13.8 Å². The number of hydrogen-bond acceptors (Lipinski definition) is 4. The number of rotatable bonds is 4. The second-order valence-electron chi connectivity index (χ2n) is 3.26. The van der Waals surface area contributed by atoms with Crippen molar-refractivity contribution in [3.8, 4) is 0 Å². The molecule has 0 unspecified atom stereocenters. The average molecular weight is 227 g/mol. The van der Waals surface area contributed by atoms with Gasteiger partial charge < -0.3 is 10.6 Å². The number of nitrogens with two attached hydrogens (primary N) is 1. The maximum Gasteiger partial charge on any atom is 0.329 e. The van der Waals surface area contributed by atoms with E-state index in [-0.39, 0.29) is 5.69 Å². The quantitative estimate of drug-likeness (QED) is 0.486. The highest BCUT2D eigenvalue weighted by Gasteiger charge is 2.23. The molecule has 2 N–H and O–H groups in total. The van der Waals surface area contributed by atoms with E-state index in [4.69, 9.17) is 5.73 Å². The van der Waals surface area contributed by atoms with Crippen LogP contribution in [-0.2, 0) is 0 Å². The number of hydrogen-bond donors (Lipinski definition) is 1. The van der Waals surface area contributed by atoms with Crippen molar-refractivity contribution < 1.29 is 9.31 Å². The van der Waals surface area contributed by atoms with Crippen molar-refractivity contribution in [3.05, 3.63) is 28.1 Å². The highest BCUT2D eigenvalue weighted by molar-refractivity contribution is 5.77. The number of nitrogens with zero attached hydrogens (tertiary/aromatic N) is 2. The minimum Gasteiger partial charge on any atom is -0.391 e. The molecule has 0 spiro atoms. The van der Waals surface area contributed by atoms with Crippen LogP contribution in [0.2, 0.25) is 0 Å². The first-order valence-electron chi connectivity index (χ1n) is 5.00. The predicted octanol–water partition coefficient (Wildman–Crippen LogP) is 2.16. The van der Waals surface area contributed by atoms with Gasteiger partial charge in [-0.05, 0) is 26.0 Å². The molecule has 0 radical (unpaired) electrons. The van der Waals surface area contributed by atoms with Gasteiger partial charge in [0.15, 0.2) is 0 Å². The van der Waals surface area contributed by atoms with E-state index in [1.165, 1.54) is 6.07 Å². The number of anilines is 2. The Morgan fingerprint density at radius 1 is 1.44 bits per heavy atom. The van der Waals surface area contributed by atoms with E-state index in [9.17, 15) is 14.5 Å². The van der Waals surface area contributed by atoms with Crippen molar-refractivity contribution in [2.24, 2.45) is 0 Å². The zero-order valence-corrected chi connectivity index (χ0v) is 9.24. The number of halogens is 1. The van der Waals surface area contributed by atoms with Gasteiger partial charge in [0, 0.05) is 13.1 Å². The van der Waals surface area contributed by atoms with Crippen LogP contribution in [0.3, 0.4) is 0 Å². The van der Waals surface area contributed by atoms with E-state index in [1.807, 2.05) is 18.7 Å². The summed E-state index contributed by atoms with van der Waals surface area (Å²) >= 11 is 0. The number of nitro benzene ring substituents is 1. The summed E-state index contributed by atoms with van der Waals surface area (Å²) < 4.78 is 13.2. The lowest BCUT2D eigenvalue weighted by atomic mass is 10.2. The lowest BCUT2D eigenvalue weighted by Gasteiger charge is -2.22. The molecule has 5 nitrogen and oxygen atoms in total. The maximum absolute atomic E-state index is 13.2. The molecule has 0 fully saturated rings. The summed E-state index contributed by atoms with van der Waals surface area (Å²) in [5, 5.41) is 10.7. The number of nitro groups is 1. The van der Waals surface area contributed by atoms with Gasteiger partial charge in [0.25, 0.3) is 0 Å². The van der Waals surface area contributed by atoms with Crippen LogP contribution in [0.1, 0.15) is 13.8 Å². The van der Waals surface area contributed by atoms with Crippen molar-refractivity contribution in [3.63, 3.8) is 0 Å². The fraction of sp³-hybridized carbons (Fsp3) is 0.400. The third-order valence-corrected chi connectivity index (χ3v) is 2.43. The van der Waals surface area contributed by atoms with Crippen LogP contribution < -0.4 is 10.6 Å². The van der Waals surface area contributed by atoms with Gasteiger partial charge >= 0.3 is 5.69 Å². The lowest BCUT2D eigenvalue weighted by Crippen LogP contribution is -2.23. The van der Waals surface area contributed by atoms with Crippen molar-refractivity contribution >= 4 is 17.1 Å². The van der Waals surface area contributed by atoms with E-state index in [2.05, 4.69) is 0 Å². The van der Waals surface area contributed by atoms with Gasteiger partial charge in [-0.1, -0.05) is 0 Å². The molecule has 1 rings (SSSR count). The molecule has 6 heteroatoms. The van der Waals surface area contributed by atoms with Crippen LogP contribution in [0.5, 0.6) is 0 Å². The minimum absolute atomic E-state index is 0.117. The second-order valence-corrected chi connectivity index (χ2v) is 3.26. The molecule has 0 saturated carbocycles. The average Bonchev–Trinajstić information content (AvgIpc) is 2.22. The molecule has 0 aliphatic rings. The van der Waals surface area contributed by atoms with Crippen LogP contribution in [0.25, 0.3) is 0 Å². The van der Waals surface area contributed by atoms with E-state index in [0.29, 0.717) is 18.8 Å². The van der Waals surface area contributed by atoms with Crippen molar-refractivity contribution in [1.82, 2.24) is 0 Å². The zero-order valence-electron chi connectivity index (χ0n) is 9.24. The molecular weight excluding hydrogens is 213 g/mol. The minimum atomic E-state index is -0.904. The Morgan fingerprint density at radius 2 is 2.00 bits per heavy atom. The summed E-state index contributed by atoms with van der Waals surface area (Å²) in [6.45, 7) is 5.11. The lowest BCUT2D eigenvalue weighted by molar-refractivity contribution is -0.386. The van der Waals surface area contributed by atoms with Gasteiger partial charge in [-0.3, -0.25) is 10.1 Å². The third-order valence-electron chi connectivity index (χ3n) is 2.43. The zero-order chi connectivity index (χ0) is 12.3. The highest BCUT2D eigenvalue weighted by atomic mass is 19.1. The molecule has 0 bridgehead atoms. The monoisotopic (exact) mass is 227 g/mol. The van der Waals surface area contributed by atoms with Gasteiger partial charge in [-0.2, -0.15) is 4.39 Å². The Labute approximate surface area is 92.8 Å². The van der Waals surface area contributed by atoms with Crippen LogP contribution in [-0.4, -0.2) is 18.0 Å². The maximum atomic E-state index is 13.2. The molecule has 1 aromatic rings. The summed E-state index contributed by atoms with van der Waals surface area (Å²) in [5.41, 5.74) is 5.35. The molecule has 0 heterocycles. The predicted molar refractivity (Wildman–Crippen MR) is 61.0 cm³/mol. The Bertz CT molecular complexity index is 405. The van der Waals surface area contributed by atoms with Gasteiger partial charge in [0.05, 0.1) is 10.6 Å². The fourth-order valence-corrected chi connectivity index (χ4v) is 1.60. The standard InChI is InChI=1S/C10H14FN3O2/c1-3-13(4-2)8-6-5-7(11)10(9(8)12)14(15)16/h5-6H,3-4,12H2,1-2H3. The Morgan fingerprint density at radius 3 is 2.44 bits per heavy atom. The molecule has 0 atom stereocenters. The van der Waals surface area contributed by atoms with Gasteiger partial charge in [-0.15, -0.1) is 0 Å². The molecule has 88 valence electrons. The van der Waals surface area contributed by atoms with E-state index in [0.717, 1.165) is 6.07 Å². The highest BCUT2D eigenvalue weighted by Crippen LogP contribution is 2.34. The second kappa shape index (κ2) is 4.78. The number of nitrogen functional groups attached to an aromatic ring is 1. The van der Waals surface area contributed by atoms with E-state index < -0.39 is 16.4 Å². The summed E-state index contributed by atoms with van der Waals surface area (Å²) in [7, 11) is 0. The third kappa shape index (κ3) is 2.05. The first-order chi connectivity index (χ1) is 7.52. The fourth-order valence-electron chi connectivity index (χ4n) is 1.60. The summed E-state index contributed by atoms with van der Waals surface area (Å²) in [6, 6.07) is 2.53. The SMILES string of the molecule is CCN(CC)c1ccc(F)c([N+](=O)[O-])c1N. The molecular formula is C10H14FN3O2. The molecule has 0 aliphatic heterocycles. The topological polar surface area (TPSA) is 72.4 Å². The molecule has 0 saturated heterocycles. The normalized spacial score (nSPS) is 10.2. The first-order valence-corrected chi connectivity index (χ1v) is 5.00. The van der Waals surface area contributed by atoms with Crippen LogP contribution in [0.4, 0.5) is 21.5 Å². The number of benzene rings is 1. The van der Waals surface area contributed by atoms with Gasteiger partial charge in [0.1, 0.15) is 5.69 Å². The smallest absolute Gasteiger partial charge is 0.329 e. The van der Waals surface area contributed by atoms with E-state index >= 15 is 0 Å². The van der Waals surface area contributed by atoms with Crippen LogP contribution >= 0.6 is 0 Å². The van der Waals surface area contributed by atoms with E-state index in [1.54, 1.807) is 0 Å². The van der Waals surface area contributed by atoms with Crippen LogP contribution in [0, 0.1) is 15.9 Å². The molecule has 0 aromatic heterocycles. The largest absolute Gasteiger partial charge is 0.391 e.